The molecule has 0 radical (unpaired) electrons. The summed E-state index contributed by atoms with van der Waals surface area (Å²) in [7, 11) is 2.19. The molecule has 1 fully saturated rings. The monoisotopic (exact) mass is 243 g/mol. The fourth-order valence-electron chi connectivity index (χ4n) is 2.73. The van der Waals surface area contributed by atoms with Gasteiger partial charge in [-0.1, -0.05) is 6.92 Å². The largest absolute Gasteiger partial charge is 0.299 e. The average molecular weight is 243 g/mol. The van der Waals surface area contributed by atoms with Gasteiger partial charge in [0.15, 0.2) is 0 Å². The van der Waals surface area contributed by atoms with E-state index in [2.05, 4.69) is 29.9 Å². The lowest BCUT2D eigenvalue weighted by Gasteiger charge is -2.33. The molecule has 2 rings (SSSR count). The molecule has 1 aliphatic rings. The summed E-state index contributed by atoms with van der Waals surface area (Å²) < 4.78 is 0. The molecular weight excluding hydrogens is 222 g/mol. The SMILES string of the molecule is CC1CCC(N(C)Cc2ccnc(C#N)c2)CC1. The average Bonchev–Trinajstić information content (AvgIpc) is 2.39. The number of rotatable bonds is 3. The van der Waals surface area contributed by atoms with Crippen LogP contribution in [0.4, 0.5) is 0 Å². The highest BCUT2D eigenvalue weighted by Gasteiger charge is 2.21. The summed E-state index contributed by atoms with van der Waals surface area (Å²) in [5.74, 6) is 0.890. The predicted molar refractivity (Wildman–Crippen MR) is 71.8 cm³/mol. The molecule has 0 N–H and O–H groups in total. The van der Waals surface area contributed by atoms with Gasteiger partial charge in [-0.3, -0.25) is 4.90 Å². The Labute approximate surface area is 109 Å². The molecular formula is C15H21N3. The van der Waals surface area contributed by atoms with Gasteiger partial charge in [-0.2, -0.15) is 5.26 Å². The molecule has 0 aliphatic heterocycles. The van der Waals surface area contributed by atoms with Crippen LogP contribution in [-0.4, -0.2) is 23.0 Å². The van der Waals surface area contributed by atoms with E-state index in [1.165, 1.54) is 31.2 Å². The second kappa shape index (κ2) is 5.97. The quantitative estimate of drug-likeness (QED) is 0.819. The molecule has 3 heteroatoms. The Morgan fingerprint density at radius 1 is 1.39 bits per heavy atom. The van der Waals surface area contributed by atoms with Crippen molar-refractivity contribution in [2.75, 3.05) is 7.05 Å². The summed E-state index contributed by atoms with van der Waals surface area (Å²) in [6.45, 7) is 3.26. The maximum absolute atomic E-state index is 8.85. The first kappa shape index (κ1) is 13.0. The van der Waals surface area contributed by atoms with Gasteiger partial charge in [0.2, 0.25) is 0 Å². The van der Waals surface area contributed by atoms with E-state index in [9.17, 15) is 0 Å². The molecule has 3 nitrogen and oxygen atoms in total. The van der Waals surface area contributed by atoms with E-state index >= 15 is 0 Å². The van der Waals surface area contributed by atoms with Crippen molar-refractivity contribution < 1.29 is 0 Å². The van der Waals surface area contributed by atoms with Gasteiger partial charge in [0.1, 0.15) is 11.8 Å². The molecule has 1 saturated carbocycles. The molecule has 18 heavy (non-hydrogen) atoms. The van der Waals surface area contributed by atoms with Crippen LogP contribution in [-0.2, 0) is 6.54 Å². The summed E-state index contributed by atoms with van der Waals surface area (Å²) in [6, 6.07) is 6.68. The van der Waals surface area contributed by atoms with Gasteiger partial charge in [-0.05, 0) is 56.3 Å². The summed E-state index contributed by atoms with van der Waals surface area (Å²) in [4.78, 5) is 6.43. The Balaban J connectivity index is 1.94. The molecule has 0 atom stereocenters. The summed E-state index contributed by atoms with van der Waals surface area (Å²) in [5.41, 5.74) is 1.70. The first-order valence-corrected chi connectivity index (χ1v) is 6.74. The van der Waals surface area contributed by atoms with Crippen molar-refractivity contribution in [1.82, 2.24) is 9.88 Å². The van der Waals surface area contributed by atoms with Gasteiger partial charge >= 0.3 is 0 Å². The van der Waals surface area contributed by atoms with Gasteiger partial charge in [0.05, 0.1) is 0 Å². The lowest BCUT2D eigenvalue weighted by atomic mass is 9.86. The molecule has 1 aromatic rings. The van der Waals surface area contributed by atoms with E-state index in [0.717, 1.165) is 12.5 Å². The maximum atomic E-state index is 8.85. The Morgan fingerprint density at radius 3 is 2.78 bits per heavy atom. The minimum Gasteiger partial charge on any atom is -0.299 e. The number of pyridine rings is 1. The van der Waals surface area contributed by atoms with Crippen molar-refractivity contribution in [3.8, 4) is 6.07 Å². The minimum atomic E-state index is 0.512. The highest BCUT2D eigenvalue weighted by atomic mass is 15.1. The maximum Gasteiger partial charge on any atom is 0.140 e. The van der Waals surface area contributed by atoms with Crippen LogP contribution in [0.15, 0.2) is 18.3 Å². The number of aromatic nitrogens is 1. The Kier molecular flexibility index (Phi) is 4.33. The third kappa shape index (κ3) is 3.30. The van der Waals surface area contributed by atoms with Crippen LogP contribution in [0, 0.1) is 17.2 Å². The van der Waals surface area contributed by atoms with E-state index in [1.807, 2.05) is 12.1 Å². The zero-order valence-electron chi connectivity index (χ0n) is 11.3. The van der Waals surface area contributed by atoms with Gasteiger partial charge in [0, 0.05) is 18.8 Å². The van der Waals surface area contributed by atoms with E-state index in [1.54, 1.807) is 6.20 Å². The fraction of sp³-hybridized carbons (Fsp3) is 0.600. The van der Waals surface area contributed by atoms with Crippen molar-refractivity contribution in [2.24, 2.45) is 5.92 Å². The van der Waals surface area contributed by atoms with Crippen LogP contribution in [0.1, 0.15) is 43.9 Å². The van der Waals surface area contributed by atoms with Crippen molar-refractivity contribution in [3.63, 3.8) is 0 Å². The minimum absolute atomic E-state index is 0.512. The Bertz CT molecular complexity index is 428. The van der Waals surface area contributed by atoms with Crippen LogP contribution in [0.25, 0.3) is 0 Å². The normalized spacial score (nSPS) is 23.9. The molecule has 0 bridgehead atoms. The third-order valence-electron chi connectivity index (χ3n) is 3.98. The molecule has 1 aromatic heterocycles. The summed E-state index contributed by atoms with van der Waals surface area (Å²) in [5, 5.41) is 8.85. The molecule has 0 aromatic carbocycles. The van der Waals surface area contributed by atoms with Gasteiger partial charge in [-0.25, -0.2) is 4.98 Å². The van der Waals surface area contributed by atoms with Crippen LogP contribution in [0.3, 0.4) is 0 Å². The highest BCUT2D eigenvalue weighted by molar-refractivity contribution is 5.25. The van der Waals surface area contributed by atoms with Gasteiger partial charge < -0.3 is 0 Å². The zero-order valence-corrected chi connectivity index (χ0v) is 11.3. The second-order valence-electron chi connectivity index (χ2n) is 5.49. The predicted octanol–water partition coefficient (Wildman–Crippen LogP) is 2.96. The summed E-state index contributed by atoms with van der Waals surface area (Å²) in [6.07, 6.45) is 7.01. The van der Waals surface area contributed by atoms with Crippen LogP contribution >= 0.6 is 0 Å². The summed E-state index contributed by atoms with van der Waals surface area (Å²) >= 11 is 0. The van der Waals surface area contributed by atoms with Crippen LogP contribution < -0.4 is 0 Å². The van der Waals surface area contributed by atoms with Gasteiger partial charge in [0.25, 0.3) is 0 Å². The lowest BCUT2D eigenvalue weighted by Crippen LogP contribution is -2.34. The lowest BCUT2D eigenvalue weighted by molar-refractivity contribution is 0.164. The molecule has 1 heterocycles. The van der Waals surface area contributed by atoms with Crippen molar-refractivity contribution in [1.29, 1.82) is 5.26 Å². The van der Waals surface area contributed by atoms with E-state index in [4.69, 9.17) is 5.26 Å². The Morgan fingerprint density at radius 2 is 2.11 bits per heavy atom. The number of hydrogen-bond donors (Lipinski definition) is 0. The van der Waals surface area contributed by atoms with Crippen LogP contribution in [0.2, 0.25) is 0 Å². The molecule has 96 valence electrons. The Hall–Kier alpha value is -1.40. The van der Waals surface area contributed by atoms with E-state index in [-0.39, 0.29) is 0 Å². The first-order valence-electron chi connectivity index (χ1n) is 6.74. The van der Waals surface area contributed by atoms with Crippen LogP contribution in [0.5, 0.6) is 0 Å². The highest BCUT2D eigenvalue weighted by Crippen LogP contribution is 2.27. The van der Waals surface area contributed by atoms with Gasteiger partial charge in [-0.15, -0.1) is 0 Å². The molecule has 0 spiro atoms. The zero-order chi connectivity index (χ0) is 13.0. The fourth-order valence-corrected chi connectivity index (χ4v) is 2.73. The standard InChI is InChI=1S/C15H21N3/c1-12-3-5-15(6-4-12)18(2)11-13-7-8-17-14(9-13)10-16/h7-9,12,15H,3-6,11H2,1-2H3. The molecule has 0 unspecified atom stereocenters. The first-order chi connectivity index (χ1) is 8.69. The third-order valence-corrected chi connectivity index (χ3v) is 3.98. The van der Waals surface area contributed by atoms with Crippen molar-refractivity contribution in [3.05, 3.63) is 29.6 Å². The van der Waals surface area contributed by atoms with E-state index < -0.39 is 0 Å². The number of hydrogen-bond acceptors (Lipinski definition) is 3. The number of nitrogens with zero attached hydrogens (tertiary/aromatic N) is 3. The molecule has 0 saturated heterocycles. The van der Waals surface area contributed by atoms with E-state index in [0.29, 0.717) is 11.7 Å². The topological polar surface area (TPSA) is 39.9 Å². The van der Waals surface area contributed by atoms with Crippen molar-refractivity contribution >= 4 is 0 Å². The molecule has 1 aliphatic carbocycles. The number of nitriles is 1. The smallest absolute Gasteiger partial charge is 0.140 e. The van der Waals surface area contributed by atoms with Crippen molar-refractivity contribution in [2.45, 2.75) is 45.2 Å². The second-order valence-corrected chi connectivity index (χ2v) is 5.49. The molecule has 0 amide bonds.